The van der Waals surface area contributed by atoms with Crippen LogP contribution in [0.15, 0.2) is 54.2 Å². The number of aromatic nitrogens is 4. The third-order valence-corrected chi connectivity index (χ3v) is 7.21. The minimum Gasteiger partial charge on any atom is -0.353 e. The zero-order valence-corrected chi connectivity index (χ0v) is 17.5. The monoisotopic (exact) mass is 441 g/mol. The molecule has 0 bridgehead atoms. The molecule has 2 N–H and O–H groups in total. The summed E-state index contributed by atoms with van der Waals surface area (Å²) in [5, 5.41) is 5.12. The maximum absolute atomic E-state index is 11.8. The second kappa shape index (κ2) is 7.76. The number of hydrogen-bond acceptors (Lipinski definition) is 7. The van der Waals surface area contributed by atoms with Crippen molar-refractivity contribution in [2.45, 2.75) is 0 Å². The molecule has 1 saturated heterocycles. The van der Waals surface area contributed by atoms with E-state index < -0.39 is 10.2 Å². The fourth-order valence-electron chi connectivity index (χ4n) is 3.44. The fourth-order valence-corrected chi connectivity index (χ4v) is 5.35. The van der Waals surface area contributed by atoms with E-state index in [1.807, 2.05) is 52.4 Å². The van der Waals surface area contributed by atoms with Crippen molar-refractivity contribution in [3.63, 3.8) is 0 Å². The van der Waals surface area contributed by atoms with Gasteiger partial charge in [-0.05, 0) is 6.07 Å². The highest BCUT2D eigenvalue weighted by Gasteiger charge is 2.26. The first-order valence-electron chi connectivity index (χ1n) is 9.45. The molecule has 3 aromatic heterocycles. The van der Waals surface area contributed by atoms with E-state index in [1.165, 1.54) is 4.31 Å². The van der Waals surface area contributed by atoms with Crippen LogP contribution in [0.4, 0.5) is 5.95 Å². The van der Waals surface area contributed by atoms with Crippen LogP contribution in [0.2, 0.25) is 0 Å². The summed E-state index contributed by atoms with van der Waals surface area (Å²) in [5.41, 5.74) is 3.52. The Balaban J connectivity index is 1.43. The number of fused-ring (bicyclic) bond motifs is 1. The largest absolute Gasteiger partial charge is 0.353 e. The molecule has 9 nitrogen and oxygen atoms in total. The Hall–Kier alpha value is -2.86. The minimum absolute atomic E-state index is 0.347. The van der Waals surface area contributed by atoms with Crippen LogP contribution in [0, 0.1) is 0 Å². The predicted molar refractivity (Wildman–Crippen MR) is 117 cm³/mol. The molecule has 154 valence electrons. The van der Waals surface area contributed by atoms with Crippen LogP contribution in [0.3, 0.4) is 0 Å². The second-order valence-corrected chi connectivity index (χ2v) is 9.35. The third-order valence-electron chi connectivity index (χ3n) is 4.84. The Morgan fingerprint density at radius 1 is 1.17 bits per heavy atom. The van der Waals surface area contributed by atoms with Gasteiger partial charge in [-0.25, -0.2) is 19.7 Å². The van der Waals surface area contributed by atoms with E-state index in [4.69, 9.17) is 4.98 Å². The first-order chi connectivity index (χ1) is 14.6. The van der Waals surface area contributed by atoms with Crippen LogP contribution in [-0.2, 0) is 10.2 Å². The lowest BCUT2D eigenvalue weighted by Crippen LogP contribution is -2.33. The van der Waals surface area contributed by atoms with E-state index in [9.17, 15) is 8.42 Å². The standard InChI is InChI=1S/C19H19N7O2S2/c27-30(28)22-9-11-25(30)10-8-21-18-20-7-6-15(23-18)17-16(14-4-2-1-3-5-14)24-19-26(17)12-13-29-19/h1-7,12-13,22H,8-11H2,(H,20,21,23). The van der Waals surface area contributed by atoms with Gasteiger partial charge in [-0.2, -0.15) is 12.7 Å². The van der Waals surface area contributed by atoms with Crippen molar-refractivity contribution in [1.29, 1.82) is 0 Å². The number of imidazole rings is 1. The van der Waals surface area contributed by atoms with Gasteiger partial charge in [-0.3, -0.25) is 4.40 Å². The van der Waals surface area contributed by atoms with Crippen molar-refractivity contribution in [2.75, 3.05) is 31.5 Å². The van der Waals surface area contributed by atoms with Crippen molar-refractivity contribution in [2.24, 2.45) is 0 Å². The normalized spacial score (nSPS) is 16.3. The summed E-state index contributed by atoms with van der Waals surface area (Å²) in [6, 6.07) is 11.9. The Morgan fingerprint density at radius 2 is 2.03 bits per heavy atom. The van der Waals surface area contributed by atoms with E-state index in [1.54, 1.807) is 17.5 Å². The number of anilines is 1. The summed E-state index contributed by atoms with van der Waals surface area (Å²) < 4.78 is 29.6. The molecule has 0 radical (unpaired) electrons. The average molecular weight is 442 g/mol. The summed E-state index contributed by atoms with van der Waals surface area (Å²) in [7, 11) is -3.35. The number of benzene rings is 1. The molecule has 1 aliphatic heterocycles. The van der Waals surface area contributed by atoms with E-state index in [-0.39, 0.29) is 0 Å². The van der Waals surface area contributed by atoms with Crippen molar-refractivity contribution >= 4 is 32.5 Å². The van der Waals surface area contributed by atoms with Crippen molar-refractivity contribution in [3.05, 3.63) is 54.2 Å². The summed E-state index contributed by atoms with van der Waals surface area (Å²) in [4.78, 5) is 14.6. The molecular formula is C19H19N7O2S2. The van der Waals surface area contributed by atoms with Gasteiger partial charge in [-0.1, -0.05) is 30.3 Å². The molecule has 30 heavy (non-hydrogen) atoms. The Kier molecular flexibility index (Phi) is 4.95. The first kappa shape index (κ1) is 19.1. The minimum atomic E-state index is -3.35. The maximum Gasteiger partial charge on any atom is 0.279 e. The summed E-state index contributed by atoms with van der Waals surface area (Å²) in [6.07, 6.45) is 3.68. The second-order valence-electron chi connectivity index (χ2n) is 6.72. The molecule has 0 saturated carbocycles. The van der Waals surface area contributed by atoms with Gasteiger partial charge in [-0.15, -0.1) is 11.3 Å². The molecule has 1 fully saturated rings. The zero-order valence-electron chi connectivity index (χ0n) is 15.9. The van der Waals surface area contributed by atoms with E-state index in [0.29, 0.717) is 32.1 Å². The molecule has 0 atom stereocenters. The van der Waals surface area contributed by atoms with Crippen LogP contribution in [0.25, 0.3) is 27.6 Å². The van der Waals surface area contributed by atoms with E-state index >= 15 is 0 Å². The van der Waals surface area contributed by atoms with Crippen LogP contribution in [0.1, 0.15) is 0 Å². The highest BCUT2D eigenvalue weighted by molar-refractivity contribution is 7.87. The number of nitrogens with one attached hydrogen (secondary N) is 2. The Bertz CT molecular complexity index is 1280. The molecule has 4 heterocycles. The van der Waals surface area contributed by atoms with E-state index in [0.717, 1.165) is 27.6 Å². The van der Waals surface area contributed by atoms with Crippen LogP contribution >= 0.6 is 11.3 Å². The molecule has 1 aromatic carbocycles. The summed E-state index contributed by atoms with van der Waals surface area (Å²) in [6.45, 7) is 1.67. The van der Waals surface area contributed by atoms with Gasteiger partial charge >= 0.3 is 0 Å². The molecule has 1 aliphatic rings. The molecule has 0 unspecified atom stereocenters. The lowest BCUT2D eigenvalue weighted by Gasteiger charge is -2.13. The lowest BCUT2D eigenvalue weighted by atomic mass is 10.1. The van der Waals surface area contributed by atoms with Gasteiger partial charge < -0.3 is 5.32 Å². The Labute approximate surface area is 177 Å². The maximum atomic E-state index is 11.8. The first-order valence-corrected chi connectivity index (χ1v) is 11.8. The van der Waals surface area contributed by atoms with Crippen molar-refractivity contribution in [1.82, 2.24) is 28.4 Å². The highest BCUT2D eigenvalue weighted by atomic mass is 32.2. The van der Waals surface area contributed by atoms with Crippen molar-refractivity contribution in [3.8, 4) is 22.6 Å². The van der Waals surface area contributed by atoms with Crippen LogP contribution in [0.5, 0.6) is 0 Å². The van der Waals surface area contributed by atoms with Gasteiger partial charge in [0.05, 0.1) is 11.4 Å². The zero-order chi connectivity index (χ0) is 20.6. The number of rotatable bonds is 6. The SMILES string of the molecule is O=S1(=O)NCCN1CCNc1nccc(-c2c(-c3ccccc3)nc3sccn23)n1. The number of hydrogen-bond donors (Lipinski definition) is 2. The van der Waals surface area contributed by atoms with Crippen LogP contribution < -0.4 is 10.0 Å². The molecule has 0 spiro atoms. The molecule has 0 aliphatic carbocycles. The van der Waals surface area contributed by atoms with Gasteiger partial charge in [0.2, 0.25) is 5.95 Å². The van der Waals surface area contributed by atoms with Gasteiger partial charge in [0.25, 0.3) is 10.2 Å². The summed E-state index contributed by atoms with van der Waals surface area (Å²) >= 11 is 1.57. The van der Waals surface area contributed by atoms with Crippen LogP contribution in [-0.4, -0.2) is 58.3 Å². The van der Waals surface area contributed by atoms with Gasteiger partial charge in [0.1, 0.15) is 5.69 Å². The smallest absolute Gasteiger partial charge is 0.279 e. The highest BCUT2D eigenvalue weighted by Crippen LogP contribution is 2.33. The number of thiazole rings is 1. The topological polar surface area (TPSA) is 105 Å². The van der Waals surface area contributed by atoms with Gasteiger partial charge in [0, 0.05) is 49.5 Å². The molecule has 0 amide bonds. The summed E-state index contributed by atoms with van der Waals surface area (Å²) in [5.74, 6) is 0.446. The Morgan fingerprint density at radius 3 is 2.83 bits per heavy atom. The molecule has 11 heteroatoms. The third kappa shape index (κ3) is 3.56. The van der Waals surface area contributed by atoms with Gasteiger partial charge in [0.15, 0.2) is 4.96 Å². The average Bonchev–Trinajstić information content (AvgIpc) is 3.43. The van der Waals surface area contributed by atoms with Crippen molar-refractivity contribution < 1.29 is 8.42 Å². The van der Waals surface area contributed by atoms with E-state index in [2.05, 4.69) is 20.0 Å². The number of nitrogens with zero attached hydrogens (tertiary/aromatic N) is 5. The lowest BCUT2D eigenvalue weighted by molar-refractivity contribution is 0.461. The molecule has 4 aromatic rings. The quantitative estimate of drug-likeness (QED) is 0.475. The molecule has 5 rings (SSSR count). The predicted octanol–water partition coefficient (Wildman–Crippen LogP) is 2.08. The molecular weight excluding hydrogens is 422 g/mol. The fraction of sp³-hybridized carbons (Fsp3) is 0.211.